The highest BCUT2D eigenvalue weighted by Crippen LogP contribution is 2.41. The lowest BCUT2D eigenvalue weighted by Gasteiger charge is -2.29. The van der Waals surface area contributed by atoms with Gasteiger partial charge in [0, 0.05) is 13.1 Å². The minimum atomic E-state index is -0.114. The van der Waals surface area contributed by atoms with E-state index in [1.54, 1.807) is 0 Å². The van der Waals surface area contributed by atoms with Gasteiger partial charge in [-0.2, -0.15) is 5.11 Å². The maximum absolute atomic E-state index is 12.6. The molecule has 0 spiro atoms. The van der Waals surface area contributed by atoms with Crippen molar-refractivity contribution in [2.45, 2.75) is 31.3 Å². The van der Waals surface area contributed by atoms with Crippen LogP contribution >= 0.6 is 0 Å². The van der Waals surface area contributed by atoms with Crippen LogP contribution in [0.15, 0.2) is 71.0 Å². The molecule has 1 N–H and O–H groups in total. The van der Waals surface area contributed by atoms with Gasteiger partial charge in [-0.15, -0.1) is 0 Å². The molecule has 0 aromatic heterocycles. The van der Waals surface area contributed by atoms with E-state index in [0.29, 0.717) is 0 Å². The van der Waals surface area contributed by atoms with Crippen LogP contribution < -0.4 is 5.43 Å². The second-order valence-electron chi connectivity index (χ2n) is 7.10. The molecular weight excluding hydrogens is 338 g/mol. The second-order valence-corrected chi connectivity index (χ2v) is 7.10. The van der Waals surface area contributed by atoms with E-state index in [9.17, 15) is 4.79 Å². The van der Waals surface area contributed by atoms with Gasteiger partial charge in [-0.3, -0.25) is 15.2 Å². The number of nitrogens with one attached hydrogen (secondary N) is 1. The summed E-state index contributed by atoms with van der Waals surface area (Å²) in [4.78, 5) is 12.6. The smallest absolute Gasteiger partial charge is 0.255 e. The first-order valence-electron chi connectivity index (χ1n) is 9.63. The lowest BCUT2D eigenvalue weighted by atomic mass is 9.94. The Labute approximate surface area is 159 Å². The topological polar surface area (TPSA) is 60.3 Å². The molecule has 1 amide bonds. The number of carbonyl (C=O) groups excluding carboxylic acids is 1. The number of nitrogens with zero attached hydrogens (tertiary/aromatic N) is 4. The van der Waals surface area contributed by atoms with E-state index < -0.39 is 0 Å². The van der Waals surface area contributed by atoms with Crippen molar-refractivity contribution < 1.29 is 4.79 Å². The van der Waals surface area contributed by atoms with Crippen LogP contribution in [0.25, 0.3) is 0 Å². The largest absolute Gasteiger partial charge is 0.287 e. The molecule has 2 heterocycles. The summed E-state index contributed by atoms with van der Waals surface area (Å²) in [5.41, 5.74) is 5.24. The number of hydrogen-bond donors (Lipinski definition) is 1. The van der Waals surface area contributed by atoms with Crippen LogP contribution in [0.5, 0.6) is 0 Å². The number of piperidine rings is 1. The van der Waals surface area contributed by atoms with Gasteiger partial charge < -0.3 is 0 Å². The monoisotopic (exact) mass is 363 g/mol. The predicted molar refractivity (Wildman–Crippen MR) is 103 cm³/mol. The third-order valence-electron chi connectivity index (χ3n) is 5.14. The lowest BCUT2D eigenvalue weighted by molar-refractivity contribution is -0.128. The SMILES string of the molecule is O=C(CN1N=NC(c2ccccc2)C1c1ccccc1)NN1CCCCC1. The van der Waals surface area contributed by atoms with Gasteiger partial charge in [-0.1, -0.05) is 72.3 Å². The molecule has 6 nitrogen and oxygen atoms in total. The molecule has 2 atom stereocenters. The molecule has 2 aromatic carbocycles. The maximum Gasteiger partial charge on any atom is 0.255 e. The van der Waals surface area contributed by atoms with Crippen molar-refractivity contribution in [1.29, 1.82) is 0 Å². The number of benzene rings is 2. The Kier molecular flexibility index (Phi) is 5.44. The predicted octanol–water partition coefficient (Wildman–Crippen LogP) is 3.67. The Bertz CT molecular complexity index is 774. The summed E-state index contributed by atoms with van der Waals surface area (Å²) in [6, 6.07) is 20.1. The Hall–Kier alpha value is -2.73. The summed E-state index contributed by atoms with van der Waals surface area (Å²) in [7, 11) is 0. The lowest BCUT2D eigenvalue weighted by Crippen LogP contribution is -2.48. The number of carbonyl (C=O) groups is 1. The number of amides is 1. The number of rotatable bonds is 5. The first-order valence-corrected chi connectivity index (χ1v) is 9.63. The summed E-state index contributed by atoms with van der Waals surface area (Å²) in [5.74, 6) is -0.0366. The molecule has 1 saturated heterocycles. The zero-order chi connectivity index (χ0) is 18.5. The summed E-state index contributed by atoms with van der Waals surface area (Å²) < 4.78 is 0. The third kappa shape index (κ3) is 4.17. The highest BCUT2D eigenvalue weighted by Gasteiger charge is 2.36. The molecule has 0 radical (unpaired) electrons. The summed E-state index contributed by atoms with van der Waals surface area (Å²) >= 11 is 0. The van der Waals surface area contributed by atoms with Crippen LogP contribution in [0.3, 0.4) is 0 Å². The van der Waals surface area contributed by atoms with E-state index in [-0.39, 0.29) is 24.5 Å². The van der Waals surface area contributed by atoms with Crippen LogP contribution in [0.2, 0.25) is 0 Å². The van der Waals surface area contributed by atoms with Crippen LogP contribution in [0.4, 0.5) is 0 Å². The molecule has 0 aliphatic carbocycles. The molecule has 0 bridgehead atoms. The first-order chi connectivity index (χ1) is 13.3. The molecule has 6 heteroatoms. The van der Waals surface area contributed by atoms with E-state index in [4.69, 9.17) is 0 Å². The first kappa shape index (κ1) is 17.7. The Morgan fingerprint density at radius 3 is 2.22 bits per heavy atom. The minimum absolute atomic E-state index is 0.0366. The van der Waals surface area contributed by atoms with Crippen molar-refractivity contribution in [3.8, 4) is 0 Å². The second kappa shape index (κ2) is 8.31. The molecule has 0 saturated carbocycles. The number of hydrogen-bond acceptors (Lipinski definition) is 5. The minimum Gasteiger partial charge on any atom is -0.287 e. The van der Waals surface area contributed by atoms with Crippen LogP contribution in [0.1, 0.15) is 42.5 Å². The van der Waals surface area contributed by atoms with Crippen LogP contribution in [-0.4, -0.2) is 35.6 Å². The van der Waals surface area contributed by atoms with Gasteiger partial charge >= 0.3 is 0 Å². The molecule has 140 valence electrons. The van der Waals surface area contributed by atoms with Gasteiger partial charge in [0.2, 0.25) is 0 Å². The van der Waals surface area contributed by atoms with Crippen molar-refractivity contribution in [2.24, 2.45) is 10.3 Å². The summed E-state index contributed by atoms with van der Waals surface area (Å²) in [6.45, 7) is 2.03. The van der Waals surface area contributed by atoms with Crippen molar-refractivity contribution in [3.63, 3.8) is 0 Å². The Morgan fingerprint density at radius 2 is 1.56 bits per heavy atom. The third-order valence-corrected chi connectivity index (χ3v) is 5.14. The zero-order valence-electron chi connectivity index (χ0n) is 15.4. The van der Waals surface area contributed by atoms with E-state index in [2.05, 4.69) is 40.0 Å². The van der Waals surface area contributed by atoms with Crippen LogP contribution in [-0.2, 0) is 4.79 Å². The normalized spacial score (nSPS) is 22.7. The van der Waals surface area contributed by atoms with Gasteiger partial charge in [0.1, 0.15) is 18.6 Å². The molecule has 4 rings (SSSR count). The molecule has 2 unspecified atom stereocenters. The highest BCUT2D eigenvalue weighted by molar-refractivity contribution is 5.77. The van der Waals surface area contributed by atoms with E-state index in [1.807, 2.05) is 46.4 Å². The molecule has 27 heavy (non-hydrogen) atoms. The summed E-state index contributed by atoms with van der Waals surface area (Å²) in [5, 5.41) is 12.7. The molecular formula is C21H25N5O. The van der Waals surface area contributed by atoms with E-state index >= 15 is 0 Å². The fourth-order valence-electron chi connectivity index (χ4n) is 3.80. The molecule has 1 fully saturated rings. The van der Waals surface area contributed by atoms with E-state index in [0.717, 1.165) is 37.1 Å². The van der Waals surface area contributed by atoms with Gasteiger partial charge in [0.05, 0.1) is 0 Å². The quantitative estimate of drug-likeness (QED) is 0.882. The van der Waals surface area contributed by atoms with E-state index in [1.165, 1.54) is 6.42 Å². The van der Waals surface area contributed by atoms with Crippen molar-refractivity contribution in [1.82, 2.24) is 15.4 Å². The number of hydrazine groups is 1. The maximum atomic E-state index is 12.6. The zero-order valence-corrected chi connectivity index (χ0v) is 15.4. The van der Waals surface area contributed by atoms with Crippen molar-refractivity contribution in [2.75, 3.05) is 19.6 Å². The van der Waals surface area contributed by atoms with Crippen molar-refractivity contribution in [3.05, 3.63) is 71.8 Å². The average molecular weight is 363 g/mol. The molecule has 2 aliphatic heterocycles. The highest BCUT2D eigenvalue weighted by atomic mass is 16.2. The van der Waals surface area contributed by atoms with Crippen LogP contribution in [0, 0.1) is 0 Å². The fraction of sp³-hybridized carbons (Fsp3) is 0.381. The Balaban J connectivity index is 1.51. The summed E-state index contributed by atoms with van der Waals surface area (Å²) in [6.07, 6.45) is 3.50. The average Bonchev–Trinajstić information content (AvgIpc) is 3.13. The van der Waals surface area contributed by atoms with Gasteiger partial charge in [-0.25, -0.2) is 5.01 Å². The van der Waals surface area contributed by atoms with Gasteiger partial charge in [0.15, 0.2) is 0 Å². The fourth-order valence-corrected chi connectivity index (χ4v) is 3.80. The standard InChI is InChI=1S/C21H25N5O/c27-19(23-25-14-8-3-9-15-25)16-26-21(18-12-6-2-7-13-18)20(22-24-26)17-10-4-1-5-11-17/h1-2,4-7,10-13,20-21H,3,8-9,14-16H2,(H,23,27). The molecule has 2 aliphatic rings. The van der Waals surface area contributed by atoms with Crippen molar-refractivity contribution >= 4 is 5.91 Å². The van der Waals surface area contributed by atoms with Gasteiger partial charge in [0.25, 0.3) is 5.91 Å². The van der Waals surface area contributed by atoms with Gasteiger partial charge in [-0.05, 0) is 24.0 Å². The molecule has 2 aromatic rings. The Morgan fingerprint density at radius 1 is 0.926 bits per heavy atom.